The summed E-state index contributed by atoms with van der Waals surface area (Å²) in [6, 6.07) is 0. The molecule has 0 spiro atoms. The monoisotopic (exact) mass is 556 g/mol. The number of carbonyl (C=O) groups is 4. The van der Waals surface area contributed by atoms with Gasteiger partial charge in [-0.3, -0.25) is 19.2 Å². The molecule has 0 aliphatic heterocycles. The normalized spacial score (nSPS) is 42.7. The predicted molar refractivity (Wildman–Crippen MR) is 149 cm³/mol. The van der Waals surface area contributed by atoms with Gasteiger partial charge in [0, 0.05) is 32.6 Å². The van der Waals surface area contributed by atoms with Crippen LogP contribution in [-0.4, -0.2) is 42.5 Å². The van der Waals surface area contributed by atoms with Gasteiger partial charge in [0.25, 0.3) is 0 Å². The second kappa shape index (κ2) is 10.6. The van der Waals surface area contributed by atoms with Crippen molar-refractivity contribution in [1.29, 1.82) is 0 Å². The van der Waals surface area contributed by atoms with Crippen molar-refractivity contribution in [3.05, 3.63) is 11.1 Å². The van der Waals surface area contributed by atoms with Crippen LogP contribution in [0.3, 0.4) is 0 Å². The Morgan fingerprint density at radius 3 is 2.30 bits per heavy atom. The van der Waals surface area contributed by atoms with Crippen molar-refractivity contribution < 1.29 is 33.4 Å². The van der Waals surface area contributed by atoms with E-state index in [0.29, 0.717) is 36.7 Å². The van der Waals surface area contributed by atoms with Crippen LogP contribution < -0.4 is 0 Å². The maximum atomic E-state index is 14.1. The van der Waals surface area contributed by atoms with Gasteiger partial charge in [-0.2, -0.15) is 0 Å². The number of ketones is 1. The quantitative estimate of drug-likeness (QED) is 0.300. The van der Waals surface area contributed by atoms with Crippen LogP contribution >= 0.6 is 0 Å². The highest BCUT2D eigenvalue weighted by Crippen LogP contribution is 2.72. The molecule has 4 fully saturated rings. The zero-order chi connectivity index (χ0) is 29.1. The highest BCUT2D eigenvalue weighted by molar-refractivity contribution is 5.99. The lowest BCUT2D eigenvalue weighted by Crippen LogP contribution is -2.57. The fraction of sp³-hybridized carbons (Fsp3) is 0.818. The summed E-state index contributed by atoms with van der Waals surface area (Å²) in [6.07, 6.45) is 7.16. The van der Waals surface area contributed by atoms with Crippen molar-refractivity contribution >= 4 is 23.7 Å². The fourth-order valence-electron chi connectivity index (χ4n) is 10.5. The van der Waals surface area contributed by atoms with Gasteiger partial charge in [-0.05, 0) is 97.4 Å². The molecule has 0 N–H and O–H groups in total. The lowest BCUT2D eigenvalue weighted by atomic mass is 9.42. The van der Waals surface area contributed by atoms with Crippen LogP contribution in [0.15, 0.2) is 11.1 Å². The molecule has 11 atom stereocenters. The molecule has 40 heavy (non-hydrogen) atoms. The molecule has 5 aliphatic carbocycles. The van der Waals surface area contributed by atoms with Gasteiger partial charge in [-0.15, -0.1) is 0 Å². The minimum Gasteiger partial charge on any atom is -0.466 e. The molecule has 0 heterocycles. The van der Waals surface area contributed by atoms with E-state index in [1.807, 2.05) is 6.92 Å². The van der Waals surface area contributed by atoms with Crippen LogP contribution in [0.4, 0.5) is 0 Å². The van der Waals surface area contributed by atoms with E-state index in [-0.39, 0.29) is 64.5 Å². The van der Waals surface area contributed by atoms with Crippen molar-refractivity contribution in [2.75, 3.05) is 6.61 Å². The molecule has 7 nitrogen and oxygen atoms in total. The zero-order valence-electron chi connectivity index (χ0n) is 25.4. The van der Waals surface area contributed by atoms with Gasteiger partial charge in [0.15, 0.2) is 5.78 Å². The molecular weight excluding hydrogens is 508 g/mol. The van der Waals surface area contributed by atoms with Crippen LogP contribution in [0.2, 0.25) is 0 Å². The molecule has 5 aliphatic rings. The molecule has 7 heteroatoms. The largest absolute Gasteiger partial charge is 0.466 e. The minimum atomic E-state index is -0.300. The molecule has 0 radical (unpaired) electrons. The predicted octanol–water partition coefficient (Wildman–Crippen LogP) is 5.83. The Balaban J connectivity index is 1.55. The third-order valence-electron chi connectivity index (χ3n) is 12.0. The lowest BCUT2D eigenvalue weighted by Gasteiger charge is -2.63. The van der Waals surface area contributed by atoms with E-state index in [1.165, 1.54) is 26.3 Å². The Morgan fingerprint density at radius 2 is 1.65 bits per heavy atom. The SMILES string of the molecule is CC(=O)OC[C@H](C)CC1=C2C[C@H]3[C@@H](CC[C@H]4C[C@@H](OC(C)=O)CC[C@@]43C)[C@@H]3C[C@H](OC(C)=O)[C@H]([C@H](C)C1=O)[C@@]23C. The summed E-state index contributed by atoms with van der Waals surface area (Å²) < 4.78 is 17.0. The standard InChI is InChI=1S/C33H48O7/c1-17(16-38-19(3)34)12-25-27-14-26-24(9-8-22-13-23(39-20(4)35)10-11-32(22,26)6)28-15-29(40-21(5)36)30(33(27,28)7)18(2)31(25)37/h17-18,22-24,26,28-30H,8-16H2,1-7H3/t17-,18+,22+,23+,24-,26+,28+,29+,30+,32+,33+/m1/s1. The van der Waals surface area contributed by atoms with Crippen molar-refractivity contribution in [3.63, 3.8) is 0 Å². The first-order valence-electron chi connectivity index (χ1n) is 15.5. The second-order valence-electron chi connectivity index (χ2n) is 14.3. The summed E-state index contributed by atoms with van der Waals surface area (Å²) >= 11 is 0. The number of carbonyl (C=O) groups excluding carboxylic acids is 4. The number of Topliss-reactive ketones (excluding diaryl/α,β-unsaturated/α-hetero) is 1. The van der Waals surface area contributed by atoms with Gasteiger partial charge in [0.1, 0.15) is 12.2 Å². The smallest absolute Gasteiger partial charge is 0.302 e. The molecule has 0 aromatic rings. The van der Waals surface area contributed by atoms with Crippen molar-refractivity contribution in [1.82, 2.24) is 0 Å². The number of hydrogen-bond donors (Lipinski definition) is 0. The number of fused-ring (bicyclic) bond motifs is 4. The van der Waals surface area contributed by atoms with E-state index in [9.17, 15) is 19.2 Å². The second-order valence-corrected chi connectivity index (χ2v) is 14.3. The van der Waals surface area contributed by atoms with Gasteiger partial charge in [-0.25, -0.2) is 0 Å². The number of hydrogen-bond acceptors (Lipinski definition) is 7. The van der Waals surface area contributed by atoms with E-state index >= 15 is 0 Å². The summed E-state index contributed by atoms with van der Waals surface area (Å²) in [5.74, 6) is 1.02. The Bertz CT molecular complexity index is 1110. The zero-order valence-corrected chi connectivity index (χ0v) is 25.4. The Labute approximate surface area is 239 Å². The average molecular weight is 557 g/mol. The van der Waals surface area contributed by atoms with E-state index in [4.69, 9.17) is 14.2 Å². The molecular formula is C33H48O7. The number of allylic oxidation sites excluding steroid dienone is 2. The molecule has 0 bridgehead atoms. The third kappa shape index (κ3) is 4.73. The van der Waals surface area contributed by atoms with Crippen molar-refractivity contribution in [2.24, 2.45) is 52.3 Å². The van der Waals surface area contributed by atoms with E-state index in [2.05, 4.69) is 20.8 Å². The average Bonchev–Trinajstić information content (AvgIpc) is 3.16. The van der Waals surface area contributed by atoms with E-state index < -0.39 is 0 Å². The summed E-state index contributed by atoms with van der Waals surface area (Å²) in [6.45, 7) is 13.6. The number of ether oxygens (including phenoxy) is 3. The Morgan fingerprint density at radius 1 is 0.950 bits per heavy atom. The summed E-state index contributed by atoms with van der Waals surface area (Å²) in [7, 11) is 0. The first-order valence-corrected chi connectivity index (χ1v) is 15.5. The first-order chi connectivity index (χ1) is 18.8. The number of rotatable bonds is 6. The Kier molecular flexibility index (Phi) is 7.76. The van der Waals surface area contributed by atoms with Crippen LogP contribution in [0.25, 0.3) is 0 Å². The molecule has 0 aromatic carbocycles. The van der Waals surface area contributed by atoms with Crippen LogP contribution in [0.5, 0.6) is 0 Å². The topological polar surface area (TPSA) is 96.0 Å². The van der Waals surface area contributed by atoms with Gasteiger partial charge in [0.2, 0.25) is 0 Å². The maximum Gasteiger partial charge on any atom is 0.302 e. The lowest BCUT2D eigenvalue weighted by molar-refractivity contribution is -0.158. The summed E-state index contributed by atoms with van der Waals surface area (Å²) in [5.41, 5.74) is 2.16. The molecule has 0 unspecified atom stereocenters. The third-order valence-corrected chi connectivity index (χ3v) is 12.0. The first kappa shape index (κ1) is 29.3. The van der Waals surface area contributed by atoms with Gasteiger partial charge >= 0.3 is 17.9 Å². The van der Waals surface area contributed by atoms with Crippen molar-refractivity contribution in [2.45, 2.75) is 112 Å². The number of esters is 3. The summed E-state index contributed by atoms with van der Waals surface area (Å²) in [5, 5.41) is 0. The fourth-order valence-corrected chi connectivity index (χ4v) is 10.5. The minimum absolute atomic E-state index is 0.000741. The van der Waals surface area contributed by atoms with Crippen LogP contribution in [-0.2, 0) is 33.4 Å². The van der Waals surface area contributed by atoms with E-state index in [1.54, 1.807) is 0 Å². The molecule has 0 aromatic heterocycles. The van der Waals surface area contributed by atoms with Crippen LogP contribution in [0, 0.1) is 52.3 Å². The molecule has 4 saturated carbocycles. The molecule has 0 saturated heterocycles. The van der Waals surface area contributed by atoms with Crippen molar-refractivity contribution in [3.8, 4) is 0 Å². The van der Waals surface area contributed by atoms with Gasteiger partial charge in [0.05, 0.1) is 6.61 Å². The van der Waals surface area contributed by atoms with Gasteiger partial charge in [-0.1, -0.05) is 33.3 Å². The summed E-state index contributed by atoms with van der Waals surface area (Å²) in [4.78, 5) is 49.6. The Hall–Kier alpha value is -2.18. The molecule has 0 amide bonds. The van der Waals surface area contributed by atoms with Gasteiger partial charge < -0.3 is 14.2 Å². The highest BCUT2D eigenvalue weighted by Gasteiger charge is 2.68. The van der Waals surface area contributed by atoms with Crippen LogP contribution in [0.1, 0.15) is 99.8 Å². The molecule has 222 valence electrons. The molecule has 5 rings (SSSR count). The van der Waals surface area contributed by atoms with E-state index in [0.717, 1.165) is 50.5 Å². The highest BCUT2D eigenvalue weighted by atomic mass is 16.5. The maximum absolute atomic E-state index is 14.1.